The van der Waals surface area contributed by atoms with Crippen molar-refractivity contribution in [1.82, 2.24) is 0 Å². The fourth-order valence-corrected chi connectivity index (χ4v) is 2.62. The number of carboxylic acids is 2. The molecule has 0 radical (unpaired) electrons. The maximum atomic E-state index is 10.7. The third kappa shape index (κ3) is 12.8. The fourth-order valence-electron chi connectivity index (χ4n) is 2.26. The van der Waals surface area contributed by atoms with E-state index in [1.165, 1.54) is 44.9 Å². The van der Waals surface area contributed by atoms with Crippen LogP contribution in [0.3, 0.4) is 0 Å². The molecule has 0 aromatic rings. The maximum absolute atomic E-state index is 10.7. The van der Waals surface area contributed by atoms with Gasteiger partial charge >= 0.3 is 11.9 Å². The van der Waals surface area contributed by atoms with Gasteiger partial charge in [0, 0.05) is 0 Å². The number of halogens is 1. The molecule has 0 unspecified atom stereocenters. The van der Waals surface area contributed by atoms with Crippen LogP contribution in [0, 0.1) is 5.92 Å². The molecule has 0 aliphatic heterocycles. The summed E-state index contributed by atoms with van der Waals surface area (Å²) < 4.78 is 2.07. The van der Waals surface area contributed by atoms with Crippen molar-refractivity contribution in [1.29, 1.82) is 0 Å². The Bertz CT molecular complexity index is 301. The first-order valence-corrected chi connectivity index (χ1v) is 9.05. The molecule has 0 rings (SSSR count). The monoisotopic (exact) mass is 410 g/mol. The molecule has 5 heteroatoms. The highest BCUT2D eigenvalue weighted by molar-refractivity contribution is 14.1. The van der Waals surface area contributed by atoms with Crippen LogP contribution < -0.4 is 0 Å². The predicted molar refractivity (Wildman–Crippen MR) is 92.7 cm³/mol. The topological polar surface area (TPSA) is 74.6 Å². The van der Waals surface area contributed by atoms with E-state index in [2.05, 4.69) is 32.7 Å². The van der Waals surface area contributed by atoms with Crippen LogP contribution in [0.5, 0.6) is 0 Å². The lowest BCUT2D eigenvalue weighted by Gasteiger charge is -2.06. The molecule has 2 N–H and O–H groups in total. The summed E-state index contributed by atoms with van der Waals surface area (Å²) in [7, 11) is 0. The van der Waals surface area contributed by atoms with Gasteiger partial charge in [0.2, 0.25) is 0 Å². The molecule has 0 saturated carbocycles. The lowest BCUT2D eigenvalue weighted by atomic mass is 10.00. The standard InChI is InChI=1S/C16H27IO4/c17-13-11-9-7-5-3-1-2-4-6-8-10-12-14(15(18)19)16(20)21/h11,13-14H,1-10,12H2,(H,18,19)(H,20,21)/b13-11+. The molecule has 0 atom stereocenters. The van der Waals surface area contributed by atoms with E-state index in [0.717, 1.165) is 12.8 Å². The van der Waals surface area contributed by atoms with Gasteiger partial charge in [-0.1, -0.05) is 80.0 Å². The van der Waals surface area contributed by atoms with Gasteiger partial charge in [-0.2, -0.15) is 0 Å². The van der Waals surface area contributed by atoms with Crippen LogP contribution in [0.15, 0.2) is 10.2 Å². The molecule has 0 amide bonds. The van der Waals surface area contributed by atoms with E-state index in [1.54, 1.807) is 0 Å². The van der Waals surface area contributed by atoms with Crippen LogP contribution in [0.4, 0.5) is 0 Å². The van der Waals surface area contributed by atoms with Crippen LogP contribution in [-0.2, 0) is 9.59 Å². The quantitative estimate of drug-likeness (QED) is 0.240. The van der Waals surface area contributed by atoms with Gasteiger partial charge in [-0.05, 0) is 23.3 Å². The van der Waals surface area contributed by atoms with Crippen LogP contribution in [-0.4, -0.2) is 22.2 Å². The summed E-state index contributed by atoms with van der Waals surface area (Å²) in [6, 6.07) is 0. The number of hydrogen-bond donors (Lipinski definition) is 2. The van der Waals surface area contributed by atoms with Gasteiger partial charge in [-0.15, -0.1) is 0 Å². The Labute approximate surface area is 141 Å². The molecular weight excluding hydrogens is 383 g/mol. The maximum Gasteiger partial charge on any atom is 0.317 e. The normalized spacial score (nSPS) is 11.3. The summed E-state index contributed by atoms with van der Waals surface area (Å²) >= 11 is 2.24. The summed E-state index contributed by atoms with van der Waals surface area (Å²) in [6.45, 7) is 0. The molecule has 0 heterocycles. The number of hydrogen-bond acceptors (Lipinski definition) is 2. The van der Waals surface area contributed by atoms with Crippen LogP contribution in [0.2, 0.25) is 0 Å². The zero-order chi connectivity index (χ0) is 15.9. The van der Waals surface area contributed by atoms with Gasteiger partial charge < -0.3 is 10.2 Å². The molecule has 0 saturated heterocycles. The van der Waals surface area contributed by atoms with E-state index in [4.69, 9.17) is 10.2 Å². The van der Waals surface area contributed by atoms with Gasteiger partial charge in [0.15, 0.2) is 5.92 Å². The molecule has 0 spiro atoms. The second kappa shape index (κ2) is 14.4. The highest BCUT2D eigenvalue weighted by Crippen LogP contribution is 2.14. The number of allylic oxidation sites excluding steroid dienone is 1. The summed E-state index contributed by atoms with van der Waals surface area (Å²) in [5.41, 5.74) is 0. The van der Waals surface area contributed by atoms with E-state index < -0.39 is 17.9 Å². The van der Waals surface area contributed by atoms with E-state index in [-0.39, 0.29) is 6.42 Å². The molecule has 0 aromatic carbocycles. The van der Waals surface area contributed by atoms with Gasteiger partial charge in [0.05, 0.1) is 0 Å². The van der Waals surface area contributed by atoms with Gasteiger partial charge in [-0.3, -0.25) is 9.59 Å². The Balaban J connectivity index is 3.32. The second-order valence-electron chi connectivity index (χ2n) is 5.35. The van der Waals surface area contributed by atoms with Crippen molar-refractivity contribution < 1.29 is 19.8 Å². The van der Waals surface area contributed by atoms with Crippen molar-refractivity contribution >= 4 is 34.5 Å². The molecule has 0 aromatic heterocycles. The van der Waals surface area contributed by atoms with Crippen LogP contribution in [0.25, 0.3) is 0 Å². The summed E-state index contributed by atoms with van der Waals surface area (Å²) in [4.78, 5) is 21.4. The second-order valence-corrected chi connectivity index (χ2v) is 6.07. The summed E-state index contributed by atoms with van der Waals surface area (Å²) in [5.74, 6) is -3.68. The molecule has 0 bridgehead atoms. The number of carboxylic acid groups (broad SMARTS) is 2. The summed E-state index contributed by atoms with van der Waals surface area (Å²) in [6.07, 6.45) is 13.8. The highest BCUT2D eigenvalue weighted by Gasteiger charge is 2.24. The van der Waals surface area contributed by atoms with Crippen LogP contribution >= 0.6 is 22.6 Å². The van der Waals surface area contributed by atoms with Crippen molar-refractivity contribution in [2.24, 2.45) is 5.92 Å². The zero-order valence-electron chi connectivity index (χ0n) is 12.6. The smallest absolute Gasteiger partial charge is 0.317 e. The Morgan fingerprint density at radius 1 is 0.810 bits per heavy atom. The predicted octanol–water partition coefficient (Wildman–Crippen LogP) is 5.01. The fraction of sp³-hybridized carbons (Fsp3) is 0.750. The highest BCUT2D eigenvalue weighted by atomic mass is 127. The Morgan fingerprint density at radius 2 is 1.24 bits per heavy atom. The molecule has 0 aliphatic rings. The van der Waals surface area contributed by atoms with Gasteiger partial charge in [0.25, 0.3) is 0 Å². The van der Waals surface area contributed by atoms with Crippen molar-refractivity contribution in [3.63, 3.8) is 0 Å². The van der Waals surface area contributed by atoms with Crippen molar-refractivity contribution in [3.8, 4) is 0 Å². The molecule has 0 fully saturated rings. The lowest BCUT2D eigenvalue weighted by Crippen LogP contribution is -2.23. The first kappa shape index (κ1) is 20.4. The lowest BCUT2D eigenvalue weighted by molar-refractivity contribution is -0.154. The number of aliphatic carboxylic acids is 2. The molecule has 0 aliphatic carbocycles. The van der Waals surface area contributed by atoms with Gasteiger partial charge in [0.1, 0.15) is 0 Å². The van der Waals surface area contributed by atoms with Crippen molar-refractivity contribution in [3.05, 3.63) is 10.2 Å². The largest absolute Gasteiger partial charge is 0.481 e. The first-order valence-electron chi connectivity index (χ1n) is 7.80. The van der Waals surface area contributed by atoms with Gasteiger partial charge in [-0.25, -0.2) is 0 Å². The third-order valence-electron chi connectivity index (χ3n) is 3.55. The van der Waals surface area contributed by atoms with E-state index in [9.17, 15) is 9.59 Å². The van der Waals surface area contributed by atoms with Crippen LogP contribution in [0.1, 0.15) is 70.6 Å². The first-order chi connectivity index (χ1) is 10.1. The number of unbranched alkanes of at least 4 members (excludes halogenated alkanes) is 9. The van der Waals surface area contributed by atoms with Crippen molar-refractivity contribution in [2.75, 3.05) is 0 Å². The third-order valence-corrected chi connectivity index (χ3v) is 4.06. The molecule has 21 heavy (non-hydrogen) atoms. The summed E-state index contributed by atoms with van der Waals surface area (Å²) in [5, 5.41) is 17.5. The Morgan fingerprint density at radius 3 is 1.67 bits per heavy atom. The molecule has 4 nitrogen and oxygen atoms in total. The van der Waals surface area contributed by atoms with E-state index in [1.807, 2.05) is 0 Å². The molecule has 122 valence electrons. The average molecular weight is 410 g/mol. The Kier molecular flexibility index (Phi) is 13.9. The zero-order valence-corrected chi connectivity index (χ0v) is 14.8. The number of rotatable bonds is 14. The number of carbonyl (C=O) groups is 2. The van der Waals surface area contributed by atoms with Crippen molar-refractivity contribution in [2.45, 2.75) is 70.6 Å². The Hall–Kier alpha value is -0.590. The van der Waals surface area contributed by atoms with E-state index >= 15 is 0 Å². The minimum atomic E-state index is -1.23. The molecular formula is C16H27IO4. The average Bonchev–Trinajstić information content (AvgIpc) is 2.43. The minimum absolute atomic E-state index is 0.245. The minimum Gasteiger partial charge on any atom is -0.481 e. The van der Waals surface area contributed by atoms with E-state index in [0.29, 0.717) is 6.42 Å². The SMILES string of the molecule is O=C(O)C(CCCCCCCCCCC/C=C/I)C(=O)O.